The lowest BCUT2D eigenvalue weighted by molar-refractivity contribution is 0.445. The van der Waals surface area contributed by atoms with Gasteiger partial charge in [-0.25, -0.2) is 8.78 Å². The van der Waals surface area contributed by atoms with E-state index in [-0.39, 0.29) is 17.3 Å². The maximum atomic E-state index is 15.0. The van der Waals surface area contributed by atoms with Crippen LogP contribution in [0.25, 0.3) is 15.6 Å². The summed E-state index contributed by atoms with van der Waals surface area (Å²) < 4.78 is 33.2. The molecule has 3 aromatic heterocycles. The smallest absolute Gasteiger partial charge is 0.271 e. The van der Waals surface area contributed by atoms with Crippen LogP contribution >= 0.6 is 11.5 Å². The molecule has 4 heterocycles. The number of aromatic amines is 1. The van der Waals surface area contributed by atoms with Crippen molar-refractivity contribution >= 4 is 32.8 Å². The van der Waals surface area contributed by atoms with Gasteiger partial charge >= 0.3 is 0 Å². The van der Waals surface area contributed by atoms with Crippen LogP contribution in [0.4, 0.5) is 14.5 Å². The number of nitrogens with one attached hydrogen (secondary N) is 2. The molecule has 1 unspecified atom stereocenters. The Morgan fingerprint density at radius 3 is 2.86 bits per heavy atom. The maximum Gasteiger partial charge on any atom is 0.271 e. The van der Waals surface area contributed by atoms with Crippen molar-refractivity contribution in [3.05, 3.63) is 44.4 Å². The summed E-state index contributed by atoms with van der Waals surface area (Å²) in [5.74, 6) is -0.884. The summed E-state index contributed by atoms with van der Waals surface area (Å²) >= 11 is 1.05. The lowest BCUT2D eigenvalue weighted by atomic mass is 10.0. The number of halogens is 2. The Hall–Kier alpha value is -2.26. The van der Waals surface area contributed by atoms with Crippen molar-refractivity contribution in [2.45, 2.75) is 37.4 Å². The minimum absolute atomic E-state index is 0.0167. The fourth-order valence-corrected chi connectivity index (χ4v) is 5.26. The van der Waals surface area contributed by atoms with Gasteiger partial charge in [-0.05, 0) is 32.4 Å². The number of anilines is 1. The van der Waals surface area contributed by atoms with Crippen molar-refractivity contribution in [3.63, 3.8) is 0 Å². The second-order valence-electron chi connectivity index (χ2n) is 7.65. The average molecular weight is 406 g/mol. The molecular weight excluding hydrogens is 386 g/mol. The van der Waals surface area contributed by atoms with Crippen LogP contribution in [0.2, 0.25) is 0 Å². The number of nitrogens with zero attached hydrogens (tertiary/aromatic N) is 2. The Morgan fingerprint density at radius 2 is 2.14 bits per heavy atom. The average Bonchev–Trinajstić information content (AvgIpc) is 3.28. The van der Waals surface area contributed by atoms with Crippen molar-refractivity contribution in [1.29, 1.82) is 0 Å². The molecule has 3 atom stereocenters. The topological polar surface area (TPSA) is 69.6 Å². The summed E-state index contributed by atoms with van der Waals surface area (Å²) in [5, 5.41) is 3.22. The largest absolute Gasteiger partial charge is 0.368 e. The first kappa shape index (κ1) is 17.8. The number of H-pyrrole nitrogens is 1. The van der Waals surface area contributed by atoms with Gasteiger partial charge in [0.15, 0.2) is 5.82 Å². The second-order valence-corrected chi connectivity index (χ2v) is 8.47. The van der Waals surface area contributed by atoms with Gasteiger partial charge in [-0.1, -0.05) is 11.5 Å². The lowest BCUT2D eigenvalue weighted by Gasteiger charge is -2.34. The first-order chi connectivity index (χ1) is 13.5. The number of hydrogen-bond acceptors (Lipinski definition) is 5. The first-order valence-electron chi connectivity index (χ1n) is 9.44. The molecule has 2 fully saturated rings. The van der Waals surface area contributed by atoms with Gasteiger partial charge in [0.1, 0.15) is 11.6 Å². The molecule has 1 aliphatic carbocycles. The van der Waals surface area contributed by atoms with E-state index in [1.807, 2.05) is 11.9 Å². The van der Waals surface area contributed by atoms with Crippen molar-refractivity contribution in [2.75, 3.05) is 25.0 Å². The molecule has 1 saturated carbocycles. The molecule has 0 aromatic carbocycles. The van der Waals surface area contributed by atoms with Gasteiger partial charge in [0.05, 0.1) is 22.1 Å². The number of fused-ring (bicyclic) bond motifs is 2. The van der Waals surface area contributed by atoms with E-state index < -0.39 is 23.1 Å². The van der Waals surface area contributed by atoms with Crippen molar-refractivity contribution in [1.82, 2.24) is 14.1 Å². The molecule has 28 heavy (non-hydrogen) atoms. The van der Waals surface area contributed by atoms with Crippen LogP contribution in [0.1, 0.15) is 30.7 Å². The molecule has 2 aliphatic rings. The van der Waals surface area contributed by atoms with Gasteiger partial charge < -0.3 is 10.2 Å². The van der Waals surface area contributed by atoms with E-state index in [9.17, 15) is 18.4 Å². The quantitative estimate of drug-likeness (QED) is 0.701. The molecule has 0 amide bonds. The van der Waals surface area contributed by atoms with E-state index in [0.29, 0.717) is 34.4 Å². The predicted molar refractivity (Wildman–Crippen MR) is 106 cm³/mol. The molecule has 148 valence electrons. The third-order valence-corrected chi connectivity index (χ3v) is 6.84. The SMILES string of the molecule is CNC1CCCN(c2cc3c([C@H]4C[C@@H]4F)c4s[nH]c(=O)c4c(=O)n3cc2F)C1. The number of likely N-dealkylation sites (N-methyl/N-ethyl adjacent to an activating group) is 1. The fourth-order valence-electron chi connectivity index (χ4n) is 4.31. The van der Waals surface area contributed by atoms with Gasteiger partial charge in [-0.3, -0.25) is 18.4 Å². The number of piperidine rings is 1. The molecule has 3 aromatic rings. The van der Waals surface area contributed by atoms with Crippen LogP contribution in [0.15, 0.2) is 21.9 Å². The van der Waals surface area contributed by atoms with E-state index >= 15 is 0 Å². The minimum atomic E-state index is -1.00. The third-order valence-electron chi connectivity index (χ3n) is 5.93. The van der Waals surface area contributed by atoms with Crippen LogP contribution in [0.3, 0.4) is 0 Å². The molecule has 2 N–H and O–H groups in total. The summed E-state index contributed by atoms with van der Waals surface area (Å²) in [4.78, 5) is 26.9. The monoisotopic (exact) mass is 406 g/mol. The number of pyridine rings is 2. The van der Waals surface area contributed by atoms with Gasteiger partial charge in [0.2, 0.25) is 0 Å². The third kappa shape index (κ3) is 2.60. The van der Waals surface area contributed by atoms with Crippen molar-refractivity contribution < 1.29 is 8.78 Å². The number of aromatic nitrogens is 2. The van der Waals surface area contributed by atoms with Crippen LogP contribution in [0.5, 0.6) is 0 Å². The molecule has 5 rings (SSSR count). The first-order valence-corrected chi connectivity index (χ1v) is 10.3. The highest BCUT2D eigenvalue weighted by Gasteiger charge is 2.42. The van der Waals surface area contributed by atoms with Crippen molar-refractivity contribution in [3.8, 4) is 0 Å². The molecular formula is C19H20F2N4O2S. The predicted octanol–water partition coefficient (Wildman–Crippen LogP) is 2.36. The number of hydrogen-bond donors (Lipinski definition) is 2. The standard InChI is InChI=1S/C19H20F2N4O2S/c1-22-9-3-2-4-24(7-9)13-6-14-15(10-5-11(10)20)17-16(18(26)23-28-17)19(27)25(14)8-12(13)21/h6,8-11,22H,2-5,7H2,1H3,(H,23,26)/t9?,10-,11-/m0/s1. The van der Waals surface area contributed by atoms with E-state index in [2.05, 4.69) is 9.69 Å². The summed E-state index contributed by atoms with van der Waals surface area (Å²) in [6, 6.07) is 1.92. The van der Waals surface area contributed by atoms with Gasteiger partial charge in [0.25, 0.3) is 11.1 Å². The highest BCUT2D eigenvalue weighted by molar-refractivity contribution is 7.13. The molecule has 6 nitrogen and oxygen atoms in total. The molecule has 1 saturated heterocycles. The van der Waals surface area contributed by atoms with Crippen LogP contribution in [0, 0.1) is 5.82 Å². The summed E-state index contributed by atoms with van der Waals surface area (Å²) in [7, 11) is 1.89. The zero-order valence-corrected chi connectivity index (χ0v) is 16.1. The lowest BCUT2D eigenvalue weighted by Crippen LogP contribution is -2.44. The molecule has 1 aliphatic heterocycles. The Bertz CT molecular complexity index is 1200. The van der Waals surface area contributed by atoms with E-state index in [0.717, 1.165) is 37.1 Å². The van der Waals surface area contributed by atoms with E-state index in [1.165, 1.54) is 4.40 Å². The van der Waals surface area contributed by atoms with E-state index in [1.54, 1.807) is 6.07 Å². The summed E-state index contributed by atoms with van der Waals surface area (Å²) in [6.45, 7) is 1.39. The summed E-state index contributed by atoms with van der Waals surface area (Å²) in [6.07, 6.45) is 2.46. The van der Waals surface area contributed by atoms with Gasteiger partial charge in [0, 0.05) is 30.6 Å². The highest BCUT2D eigenvalue weighted by atomic mass is 32.1. The van der Waals surface area contributed by atoms with Crippen LogP contribution in [-0.2, 0) is 0 Å². The Labute approximate surface area is 162 Å². The van der Waals surface area contributed by atoms with Crippen molar-refractivity contribution in [2.24, 2.45) is 0 Å². The Morgan fingerprint density at radius 1 is 1.36 bits per heavy atom. The summed E-state index contributed by atoms with van der Waals surface area (Å²) in [5.41, 5.74) is 0.465. The fraction of sp³-hybridized carbons (Fsp3) is 0.474. The van der Waals surface area contributed by atoms with E-state index in [4.69, 9.17) is 0 Å². The molecule has 9 heteroatoms. The van der Waals surface area contributed by atoms with Gasteiger partial charge in [-0.15, -0.1) is 0 Å². The normalized spacial score (nSPS) is 25.0. The maximum absolute atomic E-state index is 15.0. The van der Waals surface area contributed by atoms with Gasteiger partial charge in [-0.2, -0.15) is 0 Å². The van der Waals surface area contributed by atoms with Crippen LogP contribution in [-0.4, -0.2) is 41.1 Å². The number of rotatable bonds is 3. The minimum Gasteiger partial charge on any atom is -0.368 e. The number of alkyl halides is 1. The highest BCUT2D eigenvalue weighted by Crippen LogP contribution is 2.48. The second kappa shape index (κ2) is 6.38. The molecule has 0 radical (unpaired) electrons. The zero-order chi connectivity index (χ0) is 19.6. The molecule has 0 bridgehead atoms. The Balaban J connectivity index is 1.78. The van der Waals surface area contributed by atoms with Crippen LogP contribution < -0.4 is 21.3 Å². The molecule has 0 spiro atoms. The Kier molecular flexibility index (Phi) is 4.06. The zero-order valence-electron chi connectivity index (χ0n) is 15.3.